The second-order valence-corrected chi connectivity index (χ2v) is 3.62. The normalized spacial score (nSPS) is 10.1. The van der Waals surface area contributed by atoms with Crippen molar-refractivity contribution in [2.45, 2.75) is 6.92 Å². The molecule has 7 heteroatoms. The summed E-state index contributed by atoms with van der Waals surface area (Å²) in [6, 6.07) is 5.18. The van der Waals surface area contributed by atoms with Crippen molar-refractivity contribution >= 4 is 23.2 Å². The summed E-state index contributed by atoms with van der Waals surface area (Å²) < 4.78 is 0. The fourth-order valence-electron chi connectivity index (χ4n) is 1.22. The number of aromatic hydroxyl groups is 1. The van der Waals surface area contributed by atoms with Crippen LogP contribution in [0, 0.1) is 6.92 Å². The van der Waals surface area contributed by atoms with Crippen LogP contribution in [0.4, 0.5) is 5.95 Å². The van der Waals surface area contributed by atoms with E-state index in [1.165, 1.54) is 0 Å². The third kappa shape index (κ3) is 2.14. The van der Waals surface area contributed by atoms with Gasteiger partial charge in [-0.2, -0.15) is 5.21 Å². The molecule has 0 aliphatic heterocycles. The number of benzene rings is 1. The number of aromatic nitrogens is 4. The van der Waals surface area contributed by atoms with Crippen LogP contribution in [0.25, 0.3) is 0 Å². The zero-order valence-electron chi connectivity index (χ0n) is 8.43. The summed E-state index contributed by atoms with van der Waals surface area (Å²) >= 11 is 5.12. The highest BCUT2D eigenvalue weighted by Gasteiger charge is 2.09. The summed E-state index contributed by atoms with van der Waals surface area (Å²) in [5.74, 6) is 0.387. The molecule has 0 fully saturated rings. The standard InChI is InChI=1S/C9H9N5OS/c1-5-2-3-7(15)6(4-5)8(16)10-9-11-13-14-12-9/h2-4,15H,1H3,(H2,10,11,12,13,14,16). The molecular weight excluding hydrogens is 226 g/mol. The Kier molecular flexibility index (Phi) is 2.78. The topological polar surface area (TPSA) is 86.7 Å². The fraction of sp³-hybridized carbons (Fsp3) is 0.111. The lowest BCUT2D eigenvalue weighted by molar-refractivity contribution is 0.474. The number of nitrogens with one attached hydrogen (secondary N) is 2. The van der Waals surface area contributed by atoms with Crippen LogP contribution in [0.5, 0.6) is 5.75 Å². The average molecular weight is 235 g/mol. The van der Waals surface area contributed by atoms with Gasteiger partial charge in [0.15, 0.2) is 0 Å². The van der Waals surface area contributed by atoms with E-state index in [-0.39, 0.29) is 11.7 Å². The quantitative estimate of drug-likeness (QED) is 0.673. The van der Waals surface area contributed by atoms with Crippen LogP contribution >= 0.6 is 12.2 Å². The lowest BCUT2D eigenvalue weighted by Crippen LogP contribution is -2.12. The maximum Gasteiger partial charge on any atom is 0.268 e. The number of tetrazole rings is 1. The second-order valence-electron chi connectivity index (χ2n) is 3.21. The van der Waals surface area contributed by atoms with Crippen LogP contribution in [0.3, 0.4) is 0 Å². The molecule has 16 heavy (non-hydrogen) atoms. The van der Waals surface area contributed by atoms with Crippen molar-refractivity contribution in [3.63, 3.8) is 0 Å². The number of rotatable bonds is 2. The molecule has 0 spiro atoms. The third-order valence-electron chi connectivity index (χ3n) is 1.97. The number of phenolic OH excluding ortho intramolecular Hbond substituents is 1. The van der Waals surface area contributed by atoms with Crippen molar-refractivity contribution in [1.82, 2.24) is 20.6 Å². The Morgan fingerprint density at radius 3 is 3.00 bits per heavy atom. The number of aromatic amines is 1. The van der Waals surface area contributed by atoms with E-state index in [2.05, 4.69) is 25.9 Å². The number of anilines is 1. The van der Waals surface area contributed by atoms with Gasteiger partial charge in [0, 0.05) is 0 Å². The number of hydrogen-bond acceptors (Lipinski definition) is 5. The lowest BCUT2D eigenvalue weighted by Gasteiger charge is -2.07. The van der Waals surface area contributed by atoms with Gasteiger partial charge in [0.2, 0.25) is 0 Å². The Hall–Kier alpha value is -2.02. The highest BCUT2D eigenvalue weighted by atomic mass is 32.1. The molecule has 0 amide bonds. The van der Waals surface area contributed by atoms with Crippen LogP contribution in [0.1, 0.15) is 11.1 Å². The molecule has 1 aromatic carbocycles. The van der Waals surface area contributed by atoms with E-state index in [9.17, 15) is 5.11 Å². The Bertz CT molecular complexity index is 511. The summed E-state index contributed by atoms with van der Waals surface area (Å²) in [7, 11) is 0. The van der Waals surface area contributed by atoms with Crippen molar-refractivity contribution in [3.05, 3.63) is 29.3 Å². The van der Waals surface area contributed by atoms with E-state index in [0.29, 0.717) is 10.6 Å². The second kappa shape index (κ2) is 4.23. The van der Waals surface area contributed by atoms with Gasteiger partial charge in [0.05, 0.1) is 5.56 Å². The predicted octanol–water partition coefficient (Wildman–Crippen LogP) is 1.00. The number of hydrogen-bond donors (Lipinski definition) is 3. The minimum absolute atomic E-state index is 0.117. The van der Waals surface area contributed by atoms with Crippen molar-refractivity contribution in [3.8, 4) is 5.75 Å². The molecule has 0 aliphatic rings. The summed E-state index contributed by atoms with van der Waals surface area (Å²) in [6.45, 7) is 1.92. The van der Waals surface area contributed by atoms with Crippen LogP contribution in [0.15, 0.2) is 18.2 Å². The van der Waals surface area contributed by atoms with E-state index < -0.39 is 0 Å². The number of thiocarbonyl (C=S) groups is 1. The maximum absolute atomic E-state index is 9.64. The minimum atomic E-state index is 0.117. The summed E-state index contributed by atoms with van der Waals surface area (Å²) in [6.07, 6.45) is 0. The van der Waals surface area contributed by atoms with Crippen molar-refractivity contribution in [2.24, 2.45) is 0 Å². The molecule has 0 saturated heterocycles. The monoisotopic (exact) mass is 235 g/mol. The molecule has 2 aromatic rings. The van der Waals surface area contributed by atoms with Gasteiger partial charge in [-0.05, 0) is 24.3 Å². The molecule has 0 radical (unpaired) electrons. The van der Waals surface area contributed by atoms with Gasteiger partial charge < -0.3 is 10.4 Å². The molecule has 0 aliphatic carbocycles. The maximum atomic E-state index is 9.64. The lowest BCUT2D eigenvalue weighted by atomic mass is 10.1. The average Bonchev–Trinajstić information content (AvgIpc) is 2.74. The molecule has 2 rings (SSSR count). The molecule has 1 heterocycles. The molecule has 6 nitrogen and oxygen atoms in total. The fourth-order valence-corrected chi connectivity index (χ4v) is 1.47. The Morgan fingerprint density at radius 2 is 2.31 bits per heavy atom. The number of nitrogens with zero attached hydrogens (tertiary/aromatic N) is 3. The van der Waals surface area contributed by atoms with Crippen LogP contribution in [0.2, 0.25) is 0 Å². The Morgan fingerprint density at radius 1 is 1.50 bits per heavy atom. The van der Waals surface area contributed by atoms with Gasteiger partial charge in [-0.15, -0.1) is 5.10 Å². The van der Waals surface area contributed by atoms with E-state index in [1.54, 1.807) is 18.2 Å². The van der Waals surface area contributed by atoms with E-state index in [1.807, 2.05) is 6.92 Å². The van der Waals surface area contributed by atoms with Gasteiger partial charge in [0.1, 0.15) is 10.7 Å². The zero-order chi connectivity index (χ0) is 11.5. The SMILES string of the molecule is Cc1ccc(O)c(C(=S)Nc2nn[nH]n2)c1. The van der Waals surface area contributed by atoms with Crippen LogP contribution < -0.4 is 5.32 Å². The number of H-pyrrole nitrogens is 1. The van der Waals surface area contributed by atoms with Gasteiger partial charge in [-0.25, -0.2) is 0 Å². The summed E-state index contributed by atoms with van der Waals surface area (Å²) in [4.78, 5) is 0.350. The number of phenols is 1. The first-order valence-corrected chi connectivity index (χ1v) is 4.92. The highest BCUT2D eigenvalue weighted by molar-refractivity contribution is 7.81. The van der Waals surface area contributed by atoms with E-state index >= 15 is 0 Å². The largest absolute Gasteiger partial charge is 0.507 e. The first-order chi connectivity index (χ1) is 7.66. The predicted molar refractivity (Wildman–Crippen MR) is 62.3 cm³/mol. The molecule has 82 valence electrons. The highest BCUT2D eigenvalue weighted by Crippen LogP contribution is 2.19. The summed E-state index contributed by atoms with van der Waals surface area (Å²) in [5.41, 5.74) is 1.55. The van der Waals surface area contributed by atoms with Crippen molar-refractivity contribution < 1.29 is 5.11 Å². The van der Waals surface area contributed by atoms with Gasteiger partial charge in [-0.3, -0.25) is 0 Å². The molecule has 3 N–H and O–H groups in total. The molecule has 0 atom stereocenters. The van der Waals surface area contributed by atoms with Crippen molar-refractivity contribution in [1.29, 1.82) is 0 Å². The molecular formula is C9H9N5OS. The molecule has 0 unspecified atom stereocenters. The van der Waals surface area contributed by atoms with Crippen LogP contribution in [-0.4, -0.2) is 30.7 Å². The van der Waals surface area contributed by atoms with Gasteiger partial charge >= 0.3 is 0 Å². The smallest absolute Gasteiger partial charge is 0.268 e. The molecule has 1 aromatic heterocycles. The van der Waals surface area contributed by atoms with E-state index in [0.717, 1.165) is 5.56 Å². The van der Waals surface area contributed by atoms with Crippen LogP contribution in [-0.2, 0) is 0 Å². The van der Waals surface area contributed by atoms with Crippen molar-refractivity contribution in [2.75, 3.05) is 5.32 Å². The van der Waals surface area contributed by atoms with Gasteiger partial charge in [-0.1, -0.05) is 28.9 Å². The zero-order valence-corrected chi connectivity index (χ0v) is 9.25. The number of aryl methyl sites for hydroxylation is 1. The Balaban J connectivity index is 2.24. The molecule has 0 saturated carbocycles. The first kappa shape index (κ1) is 10.5. The first-order valence-electron chi connectivity index (χ1n) is 4.51. The Labute approximate surface area is 96.7 Å². The minimum Gasteiger partial charge on any atom is -0.507 e. The molecule has 0 bridgehead atoms. The summed E-state index contributed by atoms with van der Waals surface area (Å²) in [5, 5.41) is 25.5. The third-order valence-corrected chi connectivity index (χ3v) is 2.29. The van der Waals surface area contributed by atoms with Gasteiger partial charge in [0.25, 0.3) is 5.95 Å². The van der Waals surface area contributed by atoms with E-state index in [4.69, 9.17) is 12.2 Å².